The second-order valence-electron chi connectivity index (χ2n) is 5.95. The number of aliphatic hydroxyl groups is 3. The third-order valence-corrected chi connectivity index (χ3v) is 3.68. The molecule has 5 heteroatoms. The molecule has 0 aliphatic carbocycles. The molecule has 0 radical (unpaired) electrons. The van der Waals surface area contributed by atoms with E-state index in [4.69, 9.17) is 15.3 Å². The van der Waals surface area contributed by atoms with Crippen molar-refractivity contribution < 1.29 is 25.2 Å². The number of carboxylic acids is 1. The van der Waals surface area contributed by atoms with Crippen LogP contribution in [0.25, 0.3) is 0 Å². The maximum Gasteiger partial charge on any atom is 0.366 e. The first kappa shape index (κ1) is 23.3. The van der Waals surface area contributed by atoms with E-state index in [9.17, 15) is 9.90 Å². The molecule has 0 aliphatic rings. The molecule has 0 saturated heterocycles. The second kappa shape index (κ2) is 14.6. The van der Waals surface area contributed by atoms with Crippen molar-refractivity contribution in [1.82, 2.24) is 0 Å². The predicted molar refractivity (Wildman–Crippen MR) is 100.0 cm³/mol. The summed E-state index contributed by atoms with van der Waals surface area (Å²) in [5.74, 6) is -4.93. The Balaban J connectivity index is 3.77. The SMILES string of the molecule is CCCCCCC=CC=CC=CC=CCCC[C@H](O)C(O)(O)C(=O)O. The van der Waals surface area contributed by atoms with E-state index in [1.807, 2.05) is 42.5 Å². The Morgan fingerprint density at radius 1 is 0.880 bits per heavy atom. The summed E-state index contributed by atoms with van der Waals surface area (Å²) >= 11 is 0. The summed E-state index contributed by atoms with van der Waals surface area (Å²) < 4.78 is 0. The Labute approximate surface area is 150 Å². The molecule has 0 fully saturated rings. The molecule has 0 rings (SSSR count). The van der Waals surface area contributed by atoms with Gasteiger partial charge in [0.15, 0.2) is 0 Å². The van der Waals surface area contributed by atoms with E-state index in [0.29, 0.717) is 12.8 Å². The van der Waals surface area contributed by atoms with Crippen molar-refractivity contribution in [2.24, 2.45) is 0 Å². The molecule has 0 unspecified atom stereocenters. The van der Waals surface area contributed by atoms with Gasteiger partial charge in [-0.2, -0.15) is 0 Å². The zero-order valence-electron chi connectivity index (χ0n) is 15.1. The van der Waals surface area contributed by atoms with Crippen LogP contribution in [0, 0.1) is 0 Å². The fourth-order valence-corrected chi connectivity index (χ4v) is 2.07. The number of unbranched alkanes of at least 4 members (excludes halogenated alkanes) is 5. The van der Waals surface area contributed by atoms with Gasteiger partial charge in [-0.1, -0.05) is 74.8 Å². The standard InChI is InChI=1S/C20H32O5/c1-2-3-4-5-6-7-8-9-10-11-12-13-14-15-16-17-18(21)20(24,25)19(22)23/h7-14,18,21,24-25H,2-6,15-17H2,1H3,(H,22,23)/t18-/m0/s1. The van der Waals surface area contributed by atoms with E-state index < -0.39 is 17.9 Å². The van der Waals surface area contributed by atoms with E-state index in [0.717, 1.165) is 6.42 Å². The molecule has 0 bridgehead atoms. The highest BCUT2D eigenvalue weighted by atomic mass is 16.6. The van der Waals surface area contributed by atoms with Crippen LogP contribution in [0.4, 0.5) is 0 Å². The van der Waals surface area contributed by atoms with Crippen LogP contribution in [0.15, 0.2) is 48.6 Å². The van der Waals surface area contributed by atoms with Gasteiger partial charge in [-0.05, 0) is 32.1 Å². The Kier molecular flexibility index (Phi) is 13.6. The van der Waals surface area contributed by atoms with E-state index in [1.54, 1.807) is 0 Å². The lowest BCUT2D eigenvalue weighted by atomic mass is 10.0. The first-order valence-corrected chi connectivity index (χ1v) is 8.94. The molecule has 4 N–H and O–H groups in total. The van der Waals surface area contributed by atoms with Crippen LogP contribution in [0.2, 0.25) is 0 Å². The van der Waals surface area contributed by atoms with Crippen LogP contribution in [0.5, 0.6) is 0 Å². The minimum absolute atomic E-state index is 0.00366. The molecule has 0 saturated carbocycles. The van der Waals surface area contributed by atoms with Crippen molar-refractivity contribution in [1.29, 1.82) is 0 Å². The number of carboxylic acid groups (broad SMARTS) is 1. The molecule has 1 atom stereocenters. The minimum Gasteiger partial charge on any atom is -0.477 e. The summed E-state index contributed by atoms with van der Waals surface area (Å²) in [6.07, 6.45) is 21.2. The third kappa shape index (κ3) is 12.3. The molecular weight excluding hydrogens is 320 g/mol. The average Bonchev–Trinajstić information content (AvgIpc) is 2.57. The Morgan fingerprint density at radius 3 is 1.92 bits per heavy atom. The number of hydrogen-bond acceptors (Lipinski definition) is 4. The fourth-order valence-electron chi connectivity index (χ4n) is 2.07. The molecule has 0 aromatic rings. The van der Waals surface area contributed by atoms with Gasteiger partial charge in [0.25, 0.3) is 5.79 Å². The van der Waals surface area contributed by atoms with Crippen molar-refractivity contribution in [3.05, 3.63) is 48.6 Å². The van der Waals surface area contributed by atoms with Gasteiger partial charge in [0.2, 0.25) is 0 Å². The molecule has 0 aromatic heterocycles. The molecule has 0 spiro atoms. The molecule has 0 heterocycles. The quantitative estimate of drug-likeness (QED) is 0.218. The maximum absolute atomic E-state index is 10.5. The van der Waals surface area contributed by atoms with Gasteiger partial charge in [0.05, 0.1) is 0 Å². The number of rotatable bonds is 14. The smallest absolute Gasteiger partial charge is 0.366 e. The lowest BCUT2D eigenvalue weighted by Gasteiger charge is -2.22. The summed E-state index contributed by atoms with van der Waals surface area (Å²) in [7, 11) is 0. The van der Waals surface area contributed by atoms with Gasteiger partial charge in [-0.15, -0.1) is 0 Å². The summed E-state index contributed by atoms with van der Waals surface area (Å²) in [6.45, 7) is 2.21. The van der Waals surface area contributed by atoms with Crippen molar-refractivity contribution in [2.75, 3.05) is 0 Å². The van der Waals surface area contributed by atoms with Crippen molar-refractivity contribution in [3.63, 3.8) is 0 Å². The largest absolute Gasteiger partial charge is 0.477 e. The maximum atomic E-state index is 10.5. The number of aliphatic carboxylic acids is 1. The summed E-state index contributed by atoms with van der Waals surface area (Å²) in [6, 6.07) is 0. The number of hydrogen-bond donors (Lipinski definition) is 4. The van der Waals surface area contributed by atoms with Crippen molar-refractivity contribution in [2.45, 2.75) is 70.2 Å². The van der Waals surface area contributed by atoms with Gasteiger partial charge in [-0.3, -0.25) is 0 Å². The lowest BCUT2D eigenvalue weighted by molar-refractivity contribution is -0.237. The molecule has 5 nitrogen and oxygen atoms in total. The highest BCUT2D eigenvalue weighted by Gasteiger charge is 2.40. The van der Waals surface area contributed by atoms with Crippen LogP contribution < -0.4 is 0 Å². The highest BCUT2D eigenvalue weighted by molar-refractivity contribution is 5.75. The first-order chi connectivity index (χ1) is 11.9. The van der Waals surface area contributed by atoms with E-state index in [1.165, 1.54) is 25.7 Å². The molecule has 0 aliphatic heterocycles. The van der Waals surface area contributed by atoms with Crippen LogP contribution in [-0.2, 0) is 4.79 Å². The van der Waals surface area contributed by atoms with E-state index in [2.05, 4.69) is 13.0 Å². The third-order valence-electron chi connectivity index (χ3n) is 3.68. The zero-order chi connectivity index (χ0) is 19.0. The molecular formula is C20H32O5. The van der Waals surface area contributed by atoms with Gasteiger partial charge in [-0.25, -0.2) is 4.79 Å². The minimum atomic E-state index is -3.09. The molecule has 0 aromatic carbocycles. The van der Waals surface area contributed by atoms with Crippen LogP contribution in [0.1, 0.15) is 58.3 Å². The van der Waals surface area contributed by atoms with Gasteiger partial charge < -0.3 is 20.4 Å². The normalized spacial score (nSPS) is 14.4. The Bertz CT molecular complexity index is 461. The fraction of sp³-hybridized carbons (Fsp3) is 0.550. The highest BCUT2D eigenvalue weighted by Crippen LogP contribution is 2.13. The second-order valence-corrected chi connectivity index (χ2v) is 5.95. The van der Waals surface area contributed by atoms with Gasteiger partial charge >= 0.3 is 5.97 Å². The number of aliphatic hydroxyl groups excluding tert-OH is 1. The summed E-state index contributed by atoms with van der Waals surface area (Å²) in [4.78, 5) is 10.5. The predicted octanol–water partition coefficient (Wildman–Crippen LogP) is 3.48. The topological polar surface area (TPSA) is 98.0 Å². The molecule has 0 amide bonds. The number of carbonyl (C=O) groups is 1. The monoisotopic (exact) mass is 352 g/mol. The molecule has 142 valence electrons. The van der Waals surface area contributed by atoms with Crippen LogP contribution in [0.3, 0.4) is 0 Å². The van der Waals surface area contributed by atoms with Gasteiger partial charge in [0, 0.05) is 0 Å². The van der Waals surface area contributed by atoms with Crippen LogP contribution in [-0.4, -0.2) is 38.3 Å². The van der Waals surface area contributed by atoms with E-state index in [-0.39, 0.29) is 6.42 Å². The van der Waals surface area contributed by atoms with E-state index >= 15 is 0 Å². The van der Waals surface area contributed by atoms with Crippen molar-refractivity contribution in [3.8, 4) is 0 Å². The summed E-state index contributed by atoms with van der Waals surface area (Å²) in [5.41, 5.74) is 0. The Hall–Kier alpha value is -1.69. The van der Waals surface area contributed by atoms with Gasteiger partial charge in [0.1, 0.15) is 6.10 Å². The zero-order valence-corrected chi connectivity index (χ0v) is 15.1. The lowest BCUT2D eigenvalue weighted by Crippen LogP contribution is -2.49. The molecule has 25 heavy (non-hydrogen) atoms. The first-order valence-electron chi connectivity index (χ1n) is 8.94. The van der Waals surface area contributed by atoms with Crippen molar-refractivity contribution >= 4 is 5.97 Å². The summed E-state index contributed by atoms with van der Waals surface area (Å²) in [5, 5.41) is 36.2. The van der Waals surface area contributed by atoms with Crippen LogP contribution >= 0.6 is 0 Å². The Morgan fingerprint density at radius 2 is 1.40 bits per heavy atom. The number of allylic oxidation sites excluding steroid dienone is 8. The average molecular weight is 352 g/mol.